The molecular weight excluding hydrogens is 280 g/mol. The fraction of sp³-hybridized carbons (Fsp3) is 0.333. The van der Waals surface area contributed by atoms with Crippen LogP contribution in [0.25, 0.3) is 10.9 Å². The van der Waals surface area contributed by atoms with Gasteiger partial charge in [-0.05, 0) is 30.2 Å². The summed E-state index contributed by atoms with van der Waals surface area (Å²) < 4.78 is 2.37. The molecule has 0 fully saturated rings. The summed E-state index contributed by atoms with van der Waals surface area (Å²) in [5, 5.41) is 4.96. The number of para-hydroxylation sites is 1. The second-order valence-corrected chi connectivity index (χ2v) is 6.17. The normalized spacial score (nSPS) is 11.2. The first-order valence-corrected chi connectivity index (χ1v) is 8.70. The fourth-order valence-electron chi connectivity index (χ4n) is 3.10. The van der Waals surface area contributed by atoms with E-state index in [-0.39, 0.29) is 0 Å². The van der Waals surface area contributed by atoms with Gasteiger partial charge in [-0.3, -0.25) is 0 Å². The van der Waals surface area contributed by atoms with Crippen molar-refractivity contribution in [2.24, 2.45) is 0 Å². The predicted molar refractivity (Wildman–Crippen MR) is 98.7 cm³/mol. The molecule has 0 radical (unpaired) electrons. The smallest absolute Gasteiger partial charge is 0.0486 e. The van der Waals surface area contributed by atoms with Gasteiger partial charge in [-0.25, -0.2) is 0 Å². The molecule has 1 N–H and O–H groups in total. The van der Waals surface area contributed by atoms with Crippen molar-refractivity contribution in [3.05, 3.63) is 71.9 Å². The summed E-state index contributed by atoms with van der Waals surface area (Å²) in [6.45, 7) is 5.23. The van der Waals surface area contributed by atoms with Gasteiger partial charge < -0.3 is 9.88 Å². The van der Waals surface area contributed by atoms with Gasteiger partial charge in [0.1, 0.15) is 0 Å². The van der Waals surface area contributed by atoms with Crippen molar-refractivity contribution in [2.45, 2.75) is 39.3 Å². The lowest BCUT2D eigenvalue weighted by Gasteiger charge is -2.05. The van der Waals surface area contributed by atoms with E-state index < -0.39 is 0 Å². The van der Waals surface area contributed by atoms with Crippen LogP contribution in [-0.2, 0) is 13.1 Å². The van der Waals surface area contributed by atoms with Crippen LogP contribution in [0, 0.1) is 0 Å². The van der Waals surface area contributed by atoms with Crippen molar-refractivity contribution in [1.29, 1.82) is 0 Å². The van der Waals surface area contributed by atoms with Gasteiger partial charge in [0, 0.05) is 30.2 Å². The van der Waals surface area contributed by atoms with Crippen LogP contribution >= 0.6 is 0 Å². The summed E-state index contributed by atoms with van der Waals surface area (Å²) in [6.07, 6.45) is 6.16. The Morgan fingerprint density at radius 1 is 0.913 bits per heavy atom. The van der Waals surface area contributed by atoms with Crippen LogP contribution < -0.4 is 5.32 Å². The van der Waals surface area contributed by atoms with E-state index in [1.807, 2.05) is 0 Å². The van der Waals surface area contributed by atoms with E-state index in [1.165, 1.54) is 41.3 Å². The van der Waals surface area contributed by atoms with Gasteiger partial charge in [0.25, 0.3) is 0 Å². The maximum atomic E-state index is 3.59. The minimum absolute atomic E-state index is 0.928. The van der Waals surface area contributed by atoms with E-state index in [2.05, 4.69) is 77.6 Å². The Labute approximate surface area is 139 Å². The van der Waals surface area contributed by atoms with Crippen LogP contribution in [0.15, 0.2) is 60.8 Å². The number of fused-ring (bicyclic) bond motifs is 1. The lowest BCUT2D eigenvalue weighted by molar-refractivity contribution is 0.617. The molecule has 0 saturated carbocycles. The molecule has 2 heteroatoms. The number of rotatable bonds is 8. The van der Waals surface area contributed by atoms with E-state index in [4.69, 9.17) is 0 Å². The number of hydrogen-bond acceptors (Lipinski definition) is 1. The van der Waals surface area contributed by atoms with Crippen molar-refractivity contribution in [2.75, 3.05) is 6.54 Å². The topological polar surface area (TPSA) is 17.0 Å². The van der Waals surface area contributed by atoms with Crippen LogP contribution in [0.1, 0.15) is 37.3 Å². The number of unbranched alkanes of at least 4 members (excludes halogenated alkanes) is 2. The first-order valence-electron chi connectivity index (χ1n) is 8.70. The number of aromatic nitrogens is 1. The molecule has 1 aromatic heterocycles. The van der Waals surface area contributed by atoms with Crippen LogP contribution in [0.5, 0.6) is 0 Å². The first-order chi connectivity index (χ1) is 11.4. The summed E-state index contributed by atoms with van der Waals surface area (Å²) in [4.78, 5) is 0. The fourth-order valence-corrected chi connectivity index (χ4v) is 3.10. The van der Waals surface area contributed by atoms with Gasteiger partial charge in [-0.1, -0.05) is 68.3 Å². The van der Waals surface area contributed by atoms with E-state index in [0.29, 0.717) is 0 Å². The lowest BCUT2D eigenvalue weighted by atomic mass is 10.1. The highest BCUT2D eigenvalue weighted by molar-refractivity contribution is 5.84. The SMILES string of the molecule is CCCCCNCc1cn(Cc2ccccc2)c2ccccc12. The van der Waals surface area contributed by atoms with Crippen molar-refractivity contribution in [3.8, 4) is 0 Å². The summed E-state index contributed by atoms with van der Waals surface area (Å²) in [5.41, 5.74) is 4.06. The molecular formula is C21H26N2. The standard InChI is InChI=1S/C21H26N2/c1-2-3-9-14-22-15-19-17-23(16-18-10-5-4-6-11-18)21-13-8-7-12-20(19)21/h4-8,10-13,17,22H,2-3,9,14-16H2,1H3. The molecule has 0 aliphatic carbocycles. The number of nitrogens with zero attached hydrogens (tertiary/aromatic N) is 1. The summed E-state index contributed by atoms with van der Waals surface area (Å²) in [5.74, 6) is 0. The van der Waals surface area contributed by atoms with Gasteiger partial charge in [-0.2, -0.15) is 0 Å². The molecule has 3 rings (SSSR count). The van der Waals surface area contributed by atoms with Gasteiger partial charge in [0.15, 0.2) is 0 Å². The zero-order valence-corrected chi connectivity index (χ0v) is 14.0. The Kier molecular flexibility index (Phi) is 5.49. The third-order valence-electron chi connectivity index (χ3n) is 4.34. The minimum Gasteiger partial charge on any atom is -0.343 e. The van der Waals surface area contributed by atoms with Crippen molar-refractivity contribution in [1.82, 2.24) is 9.88 Å². The molecule has 23 heavy (non-hydrogen) atoms. The molecule has 0 bridgehead atoms. The summed E-state index contributed by atoms with van der Waals surface area (Å²) in [7, 11) is 0. The Hall–Kier alpha value is -2.06. The summed E-state index contributed by atoms with van der Waals surface area (Å²) in [6, 6.07) is 19.4. The molecule has 2 aromatic carbocycles. The van der Waals surface area contributed by atoms with Crippen LogP contribution in [-0.4, -0.2) is 11.1 Å². The minimum atomic E-state index is 0.928. The second-order valence-electron chi connectivity index (χ2n) is 6.17. The second kappa shape index (κ2) is 7.98. The highest BCUT2D eigenvalue weighted by Gasteiger charge is 2.08. The Bertz CT molecular complexity index is 728. The predicted octanol–water partition coefficient (Wildman–Crippen LogP) is 4.97. The molecule has 0 amide bonds. The molecule has 0 aliphatic heterocycles. The van der Waals surface area contributed by atoms with Crippen LogP contribution in [0.4, 0.5) is 0 Å². The Morgan fingerprint density at radius 3 is 2.52 bits per heavy atom. The Balaban J connectivity index is 1.76. The Morgan fingerprint density at radius 2 is 1.70 bits per heavy atom. The van der Waals surface area contributed by atoms with E-state index in [0.717, 1.165) is 19.6 Å². The van der Waals surface area contributed by atoms with Gasteiger partial charge in [-0.15, -0.1) is 0 Å². The van der Waals surface area contributed by atoms with Crippen molar-refractivity contribution in [3.63, 3.8) is 0 Å². The zero-order chi connectivity index (χ0) is 15.9. The third-order valence-corrected chi connectivity index (χ3v) is 4.34. The average molecular weight is 306 g/mol. The molecule has 0 spiro atoms. The maximum absolute atomic E-state index is 3.59. The van der Waals surface area contributed by atoms with E-state index in [1.54, 1.807) is 0 Å². The highest BCUT2D eigenvalue weighted by atomic mass is 15.0. The van der Waals surface area contributed by atoms with E-state index in [9.17, 15) is 0 Å². The molecule has 3 aromatic rings. The highest BCUT2D eigenvalue weighted by Crippen LogP contribution is 2.22. The third kappa shape index (κ3) is 4.02. The largest absolute Gasteiger partial charge is 0.343 e. The van der Waals surface area contributed by atoms with Gasteiger partial charge >= 0.3 is 0 Å². The number of benzene rings is 2. The average Bonchev–Trinajstić information content (AvgIpc) is 2.94. The molecule has 1 heterocycles. The van der Waals surface area contributed by atoms with Gasteiger partial charge in [0.05, 0.1) is 0 Å². The van der Waals surface area contributed by atoms with Gasteiger partial charge in [0.2, 0.25) is 0 Å². The summed E-state index contributed by atoms with van der Waals surface area (Å²) >= 11 is 0. The molecule has 120 valence electrons. The van der Waals surface area contributed by atoms with Crippen LogP contribution in [0.2, 0.25) is 0 Å². The molecule has 2 nitrogen and oxygen atoms in total. The lowest BCUT2D eigenvalue weighted by Crippen LogP contribution is -2.14. The molecule has 0 aliphatic rings. The first kappa shape index (κ1) is 15.8. The van der Waals surface area contributed by atoms with Crippen LogP contribution in [0.3, 0.4) is 0 Å². The monoisotopic (exact) mass is 306 g/mol. The number of nitrogens with one attached hydrogen (secondary N) is 1. The maximum Gasteiger partial charge on any atom is 0.0486 e. The van der Waals surface area contributed by atoms with Crippen molar-refractivity contribution >= 4 is 10.9 Å². The molecule has 0 unspecified atom stereocenters. The van der Waals surface area contributed by atoms with E-state index >= 15 is 0 Å². The number of hydrogen-bond donors (Lipinski definition) is 1. The molecule has 0 atom stereocenters. The van der Waals surface area contributed by atoms with Crippen molar-refractivity contribution < 1.29 is 0 Å². The zero-order valence-electron chi connectivity index (χ0n) is 14.0. The quantitative estimate of drug-likeness (QED) is 0.581. The molecule has 0 saturated heterocycles.